The molecule has 6 nitrogen and oxygen atoms in total. The summed E-state index contributed by atoms with van der Waals surface area (Å²) in [6.07, 6.45) is 3.25. The van der Waals surface area contributed by atoms with Crippen LogP contribution in [0.5, 0.6) is 17.2 Å². The minimum atomic E-state index is 0.241. The fourth-order valence-electron chi connectivity index (χ4n) is 2.61. The number of methoxy groups -OCH3 is 1. The Morgan fingerprint density at radius 2 is 2.09 bits per heavy atom. The van der Waals surface area contributed by atoms with Crippen molar-refractivity contribution in [3.63, 3.8) is 0 Å². The average Bonchev–Trinajstić information content (AvgIpc) is 3.24. The molecule has 1 aromatic carbocycles. The van der Waals surface area contributed by atoms with E-state index in [4.69, 9.17) is 18.7 Å². The van der Waals surface area contributed by atoms with Gasteiger partial charge in [-0.2, -0.15) is 0 Å². The molecule has 0 aliphatic carbocycles. The SMILES string of the molecule is COc1ccc(-c2conc2-c2cc(C)c3c(c2)OCO3)nc1. The van der Waals surface area contributed by atoms with Gasteiger partial charge in [-0.25, -0.2) is 0 Å². The van der Waals surface area contributed by atoms with Crippen molar-refractivity contribution in [2.75, 3.05) is 13.9 Å². The van der Waals surface area contributed by atoms with Gasteiger partial charge in [0.05, 0.1) is 24.6 Å². The van der Waals surface area contributed by atoms with Crippen LogP contribution >= 0.6 is 0 Å². The van der Waals surface area contributed by atoms with Crippen molar-refractivity contribution in [3.8, 4) is 39.8 Å². The van der Waals surface area contributed by atoms with Crippen LogP contribution in [0.4, 0.5) is 0 Å². The second-order valence-corrected chi connectivity index (χ2v) is 5.19. The predicted octanol–water partition coefficient (Wildman–Crippen LogP) is 3.45. The molecule has 3 aromatic rings. The minimum absolute atomic E-state index is 0.241. The number of nitrogens with zero attached hydrogens (tertiary/aromatic N) is 2. The van der Waals surface area contributed by atoms with E-state index in [9.17, 15) is 0 Å². The average molecular weight is 310 g/mol. The van der Waals surface area contributed by atoms with E-state index in [2.05, 4.69) is 10.1 Å². The first-order valence-electron chi connectivity index (χ1n) is 7.11. The first kappa shape index (κ1) is 13.6. The van der Waals surface area contributed by atoms with Gasteiger partial charge in [-0.15, -0.1) is 0 Å². The molecule has 4 rings (SSSR count). The van der Waals surface area contributed by atoms with E-state index >= 15 is 0 Å². The number of aromatic nitrogens is 2. The second-order valence-electron chi connectivity index (χ2n) is 5.19. The van der Waals surface area contributed by atoms with Crippen molar-refractivity contribution < 1.29 is 18.7 Å². The molecule has 1 aliphatic heterocycles. The van der Waals surface area contributed by atoms with Gasteiger partial charge >= 0.3 is 0 Å². The topological polar surface area (TPSA) is 66.6 Å². The van der Waals surface area contributed by atoms with Gasteiger partial charge in [-0.3, -0.25) is 4.98 Å². The highest BCUT2D eigenvalue weighted by Gasteiger charge is 2.21. The number of hydrogen-bond acceptors (Lipinski definition) is 6. The van der Waals surface area contributed by atoms with Crippen molar-refractivity contribution >= 4 is 0 Å². The van der Waals surface area contributed by atoms with Gasteiger partial charge in [0.25, 0.3) is 0 Å². The van der Waals surface area contributed by atoms with Crippen molar-refractivity contribution in [2.45, 2.75) is 6.92 Å². The van der Waals surface area contributed by atoms with Crippen LogP contribution in [0.3, 0.4) is 0 Å². The highest BCUT2D eigenvalue weighted by atomic mass is 16.7. The van der Waals surface area contributed by atoms with E-state index < -0.39 is 0 Å². The van der Waals surface area contributed by atoms with Gasteiger partial charge in [0, 0.05) is 5.56 Å². The third-order valence-corrected chi connectivity index (χ3v) is 3.75. The Kier molecular flexibility index (Phi) is 3.15. The molecule has 0 saturated carbocycles. The molecule has 0 unspecified atom stereocenters. The third-order valence-electron chi connectivity index (χ3n) is 3.75. The smallest absolute Gasteiger partial charge is 0.231 e. The van der Waals surface area contributed by atoms with Crippen molar-refractivity contribution in [1.82, 2.24) is 10.1 Å². The summed E-state index contributed by atoms with van der Waals surface area (Å²) in [6.45, 7) is 2.22. The van der Waals surface area contributed by atoms with E-state index in [1.807, 2.05) is 31.2 Å². The molecule has 116 valence electrons. The fourth-order valence-corrected chi connectivity index (χ4v) is 2.61. The number of pyridine rings is 1. The summed E-state index contributed by atoms with van der Waals surface area (Å²) in [6, 6.07) is 7.62. The molecule has 0 saturated heterocycles. The lowest BCUT2D eigenvalue weighted by Crippen LogP contribution is -1.93. The van der Waals surface area contributed by atoms with Crippen LogP contribution in [-0.4, -0.2) is 24.0 Å². The molecule has 0 spiro atoms. The van der Waals surface area contributed by atoms with Gasteiger partial charge in [0.1, 0.15) is 17.7 Å². The van der Waals surface area contributed by atoms with Gasteiger partial charge in [-0.05, 0) is 36.8 Å². The van der Waals surface area contributed by atoms with Crippen LogP contribution in [0.2, 0.25) is 0 Å². The molecule has 0 atom stereocenters. The summed E-state index contributed by atoms with van der Waals surface area (Å²) >= 11 is 0. The van der Waals surface area contributed by atoms with E-state index in [0.29, 0.717) is 11.4 Å². The fraction of sp³-hybridized carbons (Fsp3) is 0.176. The number of rotatable bonds is 3. The number of fused-ring (bicyclic) bond motifs is 1. The number of ether oxygens (including phenoxy) is 3. The summed E-state index contributed by atoms with van der Waals surface area (Å²) in [5.41, 5.74) is 4.17. The Labute approximate surface area is 132 Å². The van der Waals surface area contributed by atoms with Crippen molar-refractivity contribution in [3.05, 3.63) is 42.3 Å². The molecule has 0 amide bonds. The zero-order valence-electron chi connectivity index (χ0n) is 12.7. The Hall–Kier alpha value is -3.02. The highest BCUT2D eigenvalue weighted by Crippen LogP contribution is 2.41. The lowest BCUT2D eigenvalue weighted by atomic mass is 10.0. The lowest BCUT2D eigenvalue weighted by Gasteiger charge is -2.06. The molecule has 0 bridgehead atoms. The lowest BCUT2D eigenvalue weighted by molar-refractivity contribution is 0.173. The van der Waals surface area contributed by atoms with Crippen LogP contribution in [-0.2, 0) is 0 Å². The van der Waals surface area contributed by atoms with Crippen LogP contribution < -0.4 is 14.2 Å². The third kappa shape index (κ3) is 2.28. The maximum atomic E-state index is 5.48. The Morgan fingerprint density at radius 1 is 1.17 bits per heavy atom. The zero-order valence-corrected chi connectivity index (χ0v) is 12.7. The summed E-state index contributed by atoms with van der Waals surface area (Å²) < 4.78 is 21.2. The molecule has 6 heteroatoms. The largest absolute Gasteiger partial charge is 0.495 e. The van der Waals surface area contributed by atoms with Crippen LogP contribution in [0.1, 0.15) is 5.56 Å². The molecule has 0 radical (unpaired) electrons. The van der Waals surface area contributed by atoms with E-state index in [1.54, 1.807) is 19.6 Å². The van der Waals surface area contributed by atoms with E-state index in [1.165, 1.54) is 0 Å². The zero-order chi connectivity index (χ0) is 15.8. The molecule has 1 aliphatic rings. The first-order valence-corrected chi connectivity index (χ1v) is 7.11. The van der Waals surface area contributed by atoms with E-state index in [0.717, 1.165) is 33.9 Å². The summed E-state index contributed by atoms with van der Waals surface area (Å²) in [5.74, 6) is 2.20. The van der Waals surface area contributed by atoms with Crippen LogP contribution in [0.25, 0.3) is 22.5 Å². The molecule has 0 N–H and O–H groups in total. The quantitative estimate of drug-likeness (QED) is 0.738. The predicted molar refractivity (Wildman–Crippen MR) is 82.6 cm³/mol. The maximum Gasteiger partial charge on any atom is 0.231 e. The molecule has 0 fully saturated rings. The van der Waals surface area contributed by atoms with Gasteiger partial charge in [0.2, 0.25) is 6.79 Å². The van der Waals surface area contributed by atoms with Gasteiger partial charge in [0.15, 0.2) is 11.5 Å². The standard InChI is InChI=1S/C17H14N2O4/c1-10-5-11(6-15-17(10)22-9-21-15)16-13(8-23-19-16)14-4-3-12(20-2)7-18-14/h3-8H,9H2,1-2H3. The summed E-state index contributed by atoms with van der Waals surface area (Å²) in [7, 11) is 1.61. The number of benzene rings is 1. The Morgan fingerprint density at radius 3 is 2.87 bits per heavy atom. The minimum Gasteiger partial charge on any atom is -0.495 e. The molecule has 23 heavy (non-hydrogen) atoms. The van der Waals surface area contributed by atoms with Crippen molar-refractivity contribution in [2.24, 2.45) is 0 Å². The maximum absolute atomic E-state index is 5.48. The van der Waals surface area contributed by atoms with E-state index in [-0.39, 0.29) is 6.79 Å². The van der Waals surface area contributed by atoms with Crippen LogP contribution in [0.15, 0.2) is 41.2 Å². The number of hydrogen-bond donors (Lipinski definition) is 0. The monoisotopic (exact) mass is 310 g/mol. The highest BCUT2D eigenvalue weighted by molar-refractivity contribution is 5.80. The normalized spacial score (nSPS) is 12.4. The molecular weight excluding hydrogens is 296 g/mol. The van der Waals surface area contributed by atoms with Gasteiger partial charge < -0.3 is 18.7 Å². The molecular formula is C17H14N2O4. The summed E-state index contributed by atoms with van der Waals surface area (Å²) in [5, 5.41) is 4.13. The Balaban J connectivity index is 1.79. The Bertz CT molecular complexity index is 856. The second kappa shape index (κ2) is 5.31. The molecule has 2 aromatic heterocycles. The van der Waals surface area contributed by atoms with Crippen LogP contribution in [0, 0.1) is 6.92 Å². The van der Waals surface area contributed by atoms with Gasteiger partial charge in [-0.1, -0.05) is 5.16 Å². The molecule has 3 heterocycles. The van der Waals surface area contributed by atoms with Crippen molar-refractivity contribution in [1.29, 1.82) is 0 Å². The number of aryl methyl sites for hydroxylation is 1. The summed E-state index contributed by atoms with van der Waals surface area (Å²) in [4.78, 5) is 4.39. The first-order chi connectivity index (χ1) is 11.3.